The van der Waals surface area contributed by atoms with Gasteiger partial charge in [0.05, 0.1) is 7.11 Å². The van der Waals surface area contributed by atoms with E-state index in [1.54, 1.807) is 0 Å². The van der Waals surface area contributed by atoms with Crippen molar-refractivity contribution in [3.63, 3.8) is 0 Å². The summed E-state index contributed by atoms with van der Waals surface area (Å²) in [5.41, 5.74) is 0.236. The van der Waals surface area contributed by atoms with E-state index in [1.807, 2.05) is 0 Å². The molecule has 14 heavy (non-hydrogen) atoms. The van der Waals surface area contributed by atoms with Gasteiger partial charge in [-0.3, -0.25) is 0 Å². The number of nitrogens with one attached hydrogen (secondary N) is 1. The van der Waals surface area contributed by atoms with Crippen LogP contribution < -0.4 is 0 Å². The molecular formula is C9H13ClN2O2. The van der Waals surface area contributed by atoms with Crippen LogP contribution in [-0.4, -0.2) is 23.0 Å². The van der Waals surface area contributed by atoms with Gasteiger partial charge in [-0.05, 0) is 6.42 Å². The molecule has 0 saturated heterocycles. The number of ether oxygens (including phenoxy) is 1. The number of imidazole rings is 1. The average molecular weight is 217 g/mol. The smallest absolute Gasteiger partial charge is 0.357 e. The summed E-state index contributed by atoms with van der Waals surface area (Å²) in [6.45, 7) is 2.09. The lowest BCUT2D eigenvalue weighted by molar-refractivity contribution is 0.0594. The van der Waals surface area contributed by atoms with Crippen LogP contribution in [0.1, 0.15) is 36.1 Å². The Bertz CT molecular complexity index is 323. The number of hydrogen-bond acceptors (Lipinski definition) is 3. The first-order chi connectivity index (χ1) is 6.69. The number of unbranched alkanes of at least 4 members (excludes halogenated alkanes) is 1. The summed E-state index contributed by atoms with van der Waals surface area (Å²) < 4.78 is 4.54. The summed E-state index contributed by atoms with van der Waals surface area (Å²) in [6, 6.07) is 0. The zero-order valence-corrected chi connectivity index (χ0v) is 9.02. The minimum atomic E-state index is -0.481. The van der Waals surface area contributed by atoms with Crippen LogP contribution in [0, 0.1) is 0 Å². The van der Waals surface area contributed by atoms with E-state index in [0.717, 1.165) is 25.1 Å². The second-order valence-corrected chi connectivity index (χ2v) is 3.30. The molecule has 0 aliphatic carbocycles. The van der Waals surface area contributed by atoms with Crippen LogP contribution in [0.5, 0.6) is 0 Å². The topological polar surface area (TPSA) is 55.0 Å². The van der Waals surface area contributed by atoms with Crippen molar-refractivity contribution < 1.29 is 9.53 Å². The van der Waals surface area contributed by atoms with E-state index in [1.165, 1.54) is 7.11 Å². The van der Waals surface area contributed by atoms with Gasteiger partial charge >= 0.3 is 5.97 Å². The van der Waals surface area contributed by atoms with Gasteiger partial charge in [-0.25, -0.2) is 9.78 Å². The number of nitrogens with zero attached hydrogens (tertiary/aromatic N) is 1. The predicted octanol–water partition coefficient (Wildman–Crippen LogP) is 2.19. The molecule has 0 radical (unpaired) electrons. The highest BCUT2D eigenvalue weighted by Crippen LogP contribution is 2.14. The van der Waals surface area contributed by atoms with Gasteiger partial charge in [0.15, 0.2) is 10.8 Å². The molecule has 78 valence electrons. The molecule has 1 rings (SSSR count). The van der Waals surface area contributed by atoms with Crippen LogP contribution >= 0.6 is 11.6 Å². The maximum atomic E-state index is 11.1. The number of halogens is 1. The lowest BCUT2D eigenvalue weighted by Gasteiger charge is -1.94. The summed E-state index contributed by atoms with van der Waals surface area (Å²) in [6.07, 6.45) is 2.89. The lowest BCUT2D eigenvalue weighted by atomic mass is 10.2. The molecule has 0 atom stereocenters. The Hall–Kier alpha value is -1.03. The third-order valence-electron chi connectivity index (χ3n) is 1.87. The number of aromatic nitrogens is 2. The molecule has 0 aliphatic heterocycles. The van der Waals surface area contributed by atoms with E-state index in [0.29, 0.717) is 0 Å². The minimum Gasteiger partial charge on any atom is -0.464 e. The molecule has 1 aromatic heterocycles. The molecule has 1 heterocycles. The summed E-state index contributed by atoms with van der Waals surface area (Å²) in [5, 5.41) is 0.183. The first kappa shape index (κ1) is 11.0. The maximum Gasteiger partial charge on any atom is 0.357 e. The zero-order valence-electron chi connectivity index (χ0n) is 8.26. The van der Waals surface area contributed by atoms with Crippen molar-refractivity contribution in [1.29, 1.82) is 0 Å². The van der Waals surface area contributed by atoms with Gasteiger partial charge in [0, 0.05) is 6.42 Å². The summed E-state index contributed by atoms with van der Waals surface area (Å²) in [5.74, 6) is 0.252. The minimum absolute atomic E-state index is 0.183. The van der Waals surface area contributed by atoms with E-state index in [-0.39, 0.29) is 10.8 Å². The number of aromatic amines is 1. The highest BCUT2D eigenvalue weighted by molar-refractivity contribution is 6.32. The zero-order chi connectivity index (χ0) is 10.6. The largest absolute Gasteiger partial charge is 0.464 e. The molecule has 0 aromatic carbocycles. The van der Waals surface area contributed by atoms with Crippen LogP contribution in [0.25, 0.3) is 0 Å². The quantitative estimate of drug-likeness (QED) is 0.785. The van der Waals surface area contributed by atoms with E-state index in [4.69, 9.17) is 11.6 Å². The number of carbonyl (C=O) groups is 1. The number of rotatable bonds is 4. The fourth-order valence-electron chi connectivity index (χ4n) is 1.10. The molecule has 1 aromatic rings. The van der Waals surface area contributed by atoms with E-state index in [2.05, 4.69) is 21.6 Å². The molecular weight excluding hydrogens is 204 g/mol. The Kier molecular flexibility index (Phi) is 3.95. The third kappa shape index (κ3) is 2.48. The number of aryl methyl sites for hydroxylation is 1. The third-order valence-corrected chi connectivity index (χ3v) is 2.14. The first-order valence-corrected chi connectivity index (χ1v) is 4.89. The molecule has 0 saturated carbocycles. The standard InChI is InChI=1S/C9H13ClN2O2/c1-3-4-5-6-11-7(8(10)12-6)9(13)14-2/h3-5H2,1-2H3,(H,11,12). The van der Waals surface area contributed by atoms with Gasteiger partial charge in [-0.2, -0.15) is 0 Å². The van der Waals surface area contributed by atoms with Crippen molar-refractivity contribution in [3.8, 4) is 0 Å². The number of hydrogen-bond donors (Lipinski definition) is 1. The Morgan fingerprint density at radius 3 is 2.93 bits per heavy atom. The molecule has 0 aliphatic rings. The highest BCUT2D eigenvalue weighted by atomic mass is 35.5. The van der Waals surface area contributed by atoms with E-state index >= 15 is 0 Å². The number of methoxy groups -OCH3 is 1. The van der Waals surface area contributed by atoms with Gasteiger partial charge < -0.3 is 9.72 Å². The second kappa shape index (κ2) is 5.00. The fourth-order valence-corrected chi connectivity index (χ4v) is 1.32. The Labute approximate surface area is 87.6 Å². The fraction of sp³-hybridized carbons (Fsp3) is 0.556. The summed E-state index contributed by atoms with van der Waals surface area (Å²) in [4.78, 5) is 18.0. The van der Waals surface area contributed by atoms with Crippen LogP contribution in [0.15, 0.2) is 0 Å². The first-order valence-electron chi connectivity index (χ1n) is 4.51. The van der Waals surface area contributed by atoms with Crippen molar-refractivity contribution in [2.45, 2.75) is 26.2 Å². The highest BCUT2D eigenvalue weighted by Gasteiger charge is 2.15. The van der Waals surface area contributed by atoms with Gasteiger partial charge in [0.25, 0.3) is 0 Å². The Morgan fingerprint density at radius 1 is 1.64 bits per heavy atom. The van der Waals surface area contributed by atoms with Gasteiger partial charge in [0.1, 0.15) is 5.82 Å². The van der Waals surface area contributed by atoms with Gasteiger partial charge in [0.2, 0.25) is 0 Å². The van der Waals surface area contributed by atoms with Crippen LogP contribution in [-0.2, 0) is 11.2 Å². The van der Waals surface area contributed by atoms with E-state index < -0.39 is 5.97 Å². The lowest BCUT2D eigenvalue weighted by Crippen LogP contribution is -2.02. The Morgan fingerprint density at radius 2 is 2.36 bits per heavy atom. The number of H-pyrrole nitrogens is 1. The molecule has 0 spiro atoms. The normalized spacial score (nSPS) is 10.2. The molecule has 0 fully saturated rings. The SMILES string of the molecule is CCCCc1nc(Cl)c(C(=O)OC)[nH]1. The van der Waals surface area contributed by atoms with Crippen molar-refractivity contribution in [2.75, 3.05) is 7.11 Å². The number of esters is 1. The van der Waals surface area contributed by atoms with Crippen molar-refractivity contribution in [3.05, 3.63) is 16.7 Å². The maximum absolute atomic E-state index is 11.1. The molecule has 4 nitrogen and oxygen atoms in total. The second-order valence-electron chi connectivity index (χ2n) is 2.94. The van der Waals surface area contributed by atoms with Crippen LogP contribution in [0.2, 0.25) is 5.15 Å². The van der Waals surface area contributed by atoms with Gasteiger partial charge in [-0.15, -0.1) is 0 Å². The van der Waals surface area contributed by atoms with Crippen molar-refractivity contribution in [1.82, 2.24) is 9.97 Å². The number of carbonyl (C=O) groups excluding carboxylic acids is 1. The molecule has 0 unspecified atom stereocenters. The molecule has 5 heteroatoms. The Balaban J connectivity index is 2.77. The van der Waals surface area contributed by atoms with Crippen molar-refractivity contribution >= 4 is 17.6 Å². The molecule has 0 bridgehead atoms. The molecule has 1 N–H and O–H groups in total. The van der Waals surface area contributed by atoms with E-state index in [9.17, 15) is 4.79 Å². The summed E-state index contributed by atoms with van der Waals surface area (Å²) >= 11 is 5.75. The predicted molar refractivity (Wildman–Crippen MR) is 53.5 cm³/mol. The van der Waals surface area contributed by atoms with Crippen LogP contribution in [0.3, 0.4) is 0 Å². The molecule has 0 amide bonds. The monoisotopic (exact) mass is 216 g/mol. The average Bonchev–Trinajstić information content (AvgIpc) is 2.55. The van der Waals surface area contributed by atoms with Crippen molar-refractivity contribution in [2.24, 2.45) is 0 Å². The van der Waals surface area contributed by atoms with Gasteiger partial charge in [-0.1, -0.05) is 24.9 Å². The summed E-state index contributed by atoms with van der Waals surface area (Å²) in [7, 11) is 1.31. The van der Waals surface area contributed by atoms with Crippen LogP contribution in [0.4, 0.5) is 0 Å².